The van der Waals surface area contributed by atoms with Crippen LogP contribution in [-0.2, 0) is 0 Å². The van der Waals surface area contributed by atoms with Crippen LogP contribution in [0.1, 0.15) is 38.5 Å². The number of phenolic OH excluding ortho intramolecular Hbond substituents is 1. The zero-order chi connectivity index (χ0) is 21.8. The van der Waals surface area contributed by atoms with Crippen LogP contribution >= 0.6 is 27.7 Å². The Morgan fingerprint density at radius 1 is 1.23 bits per heavy atom. The Morgan fingerprint density at radius 2 is 2.06 bits per heavy atom. The van der Waals surface area contributed by atoms with Gasteiger partial charge in [0.05, 0.1) is 11.1 Å². The van der Waals surface area contributed by atoms with Gasteiger partial charge in [-0.3, -0.25) is 0 Å². The summed E-state index contributed by atoms with van der Waals surface area (Å²) in [5, 5.41) is 23.0. The number of anilines is 1. The number of benzene rings is 2. The Kier molecular flexibility index (Phi) is 6.82. The van der Waals surface area contributed by atoms with Crippen molar-refractivity contribution in [1.29, 1.82) is 0 Å². The minimum absolute atomic E-state index is 0.0543. The van der Waals surface area contributed by atoms with E-state index in [-0.39, 0.29) is 5.75 Å². The second kappa shape index (κ2) is 9.74. The number of phenols is 1. The summed E-state index contributed by atoms with van der Waals surface area (Å²) in [5.41, 5.74) is 3.09. The van der Waals surface area contributed by atoms with E-state index in [9.17, 15) is 5.11 Å². The first-order valence-corrected chi connectivity index (χ1v) is 11.9. The molecule has 4 rings (SSSR count). The molecule has 1 atom stereocenters. The SMILES string of the molecule is CCCCSc1nnc2c(n1)OC(c1cc(Br)c(O)c(OCC)c1)Nc1ccccc1-2. The van der Waals surface area contributed by atoms with E-state index in [2.05, 4.69) is 43.4 Å². The number of para-hydroxylation sites is 1. The molecule has 0 aliphatic carbocycles. The number of thioether (sulfide) groups is 1. The Balaban J connectivity index is 1.76. The van der Waals surface area contributed by atoms with E-state index in [1.165, 1.54) is 0 Å². The number of ether oxygens (including phenoxy) is 2. The molecule has 9 heteroatoms. The molecule has 31 heavy (non-hydrogen) atoms. The molecule has 0 amide bonds. The van der Waals surface area contributed by atoms with Gasteiger partial charge in [-0.2, -0.15) is 4.98 Å². The second-order valence-electron chi connectivity index (χ2n) is 6.92. The zero-order valence-electron chi connectivity index (χ0n) is 17.3. The molecular weight excluding hydrogens is 480 g/mol. The molecule has 1 unspecified atom stereocenters. The highest BCUT2D eigenvalue weighted by Gasteiger charge is 2.27. The summed E-state index contributed by atoms with van der Waals surface area (Å²) in [6.45, 7) is 4.45. The van der Waals surface area contributed by atoms with Gasteiger partial charge in [0, 0.05) is 22.6 Å². The molecule has 2 heterocycles. The van der Waals surface area contributed by atoms with Crippen LogP contribution in [0.5, 0.6) is 17.4 Å². The molecule has 0 saturated heterocycles. The second-order valence-corrected chi connectivity index (χ2v) is 8.84. The molecule has 1 aliphatic heterocycles. The summed E-state index contributed by atoms with van der Waals surface area (Å²) >= 11 is 4.98. The number of hydrogen-bond donors (Lipinski definition) is 2. The van der Waals surface area contributed by atoms with Gasteiger partial charge in [0.15, 0.2) is 23.4 Å². The Morgan fingerprint density at radius 3 is 2.87 bits per heavy atom. The molecule has 1 aromatic heterocycles. The van der Waals surface area contributed by atoms with Crippen LogP contribution in [0.3, 0.4) is 0 Å². The number of halogens is 1. The van der Waals surface area contributed by atoms with E-state index in [1.54, 1.807) is 23.9 Å². The van der Waals surface area contributed by atoms with Crippen LogP contribution in [0.4, 0.5) is 5.69 Å². The van der Waals surface area contributed by atoms with Gasteiger partial charge in [-0.1, -0.05) is 43.3 Å². The molecule has 3 aromatic rings. The van der Waals surface area contributed by atoms with Crippen molar-refractivity contribution in [2.75, 3.05) is 17.7 Å². The Bertz CT molecular complexity index is 1080. The lowest BCUT2D eigenvalue weighted by Gasteiger charge is -2.21. The first-order chi connectivity index (χ1) is 15.1. The largest absolute Gasteiger partial charge is 0.503 e. The number of hydrogen-bond acceptors (Lipinski definition) is 8. The van der Waals surface area contributed by atoms with Gasteiger partial charge in [-0.25, -0.2) is 0 Å². The summed E-state index contributed by atoms with van der Waals surface area (Å²) in [6.07, 6.45) is 1.63. The molecule has 0 spiro atoms. The number of aromatic hydroxyl groups is 1. The quantitative estimate of drug-likeness (QED) is 0.309. The summed E-state index contributed by atoms with van der Waals surface area (Å²) in [5.74, 6) is 1.78. The van der Waals surface area contributed by atoms with Gasteiger partial charge in [-0.15, -0.1) is 10.2 Å². The van der Waals surface area contributed by atoms with Crippen molar-refractivity contribution in [1.82, 2.24) is 15.2 Å². The van der Waals surface area contributed by atoms with Crippen LogP contribution in [0, 0.1) is 0 Å². The number of rotatable bonds is 7. The predicted octanol–water partition coefficient (Wildman–Crippen LogP) is 5.80. The fourth-order valence-corrected chi connectivity index (χ4v) is 4.50. The van der Waals surface area contributed by atoms with E-state index in [1.807, 2.05) is 31.2 Å². The van der Waals surface area contributed by atoms with Crippen LogP contribution < -0.4 is 14.8 Å². The number of fused-ring (bicyclic) bond motifs is 3. The maximum Gasteiger partial charge on any atom is 0.247 e. The lowest BCUT2D eigenvalue weighted by molar-refractivity contribution is 0.224. The van der Waals surface area contributed by atoms with Crippen LogP contribution in [0.2, 0.25) is 0 Å². The van der Waals surface area contributed by atoms with Crippen molar-refractivity contribution in [2.24, 2.45) is 0 Å². The van der Waals surface area contributed by atoms with Crippen molar-refractivity contribution >= 4 is 33.4 Å². The van der Waals surface area contributed by atoms with Crippen molar-refractivity contribution in [3.8, 4) is 28.6 Å². The zero-order valence-corrected chi connectivity index (χ0v) is 19.7. The van der Waals surface area contributed by atoms with Crippen molar-refractivity contribution in [3.63, 3.8) is 0 Å². The summed E-state index contributed by atoms with van der Waals surface area (Å²) in [7, 11) is 0. The monoisotopic (exact) mass is 502 g/mol. The van der Waals surface area contributed by atoms with E-state index in [0.29, 0.717) is 33.6 Å². The smallest absolute Gasteiger partial charge is 0.247 e. The topological polar surface area (TPSA) is 89.4 Å². The predicted molar refractivity (Wildman–Crippen MR) is 125 cm³/mol. The molecule has 162 valence electrons. The molecular formula is C22H23BrN4O3S. The third-order valence-corrected chi connectivity index (χ3v) is 6.24. The molecule has 0 bridgehead atoms. The molecule has 0 saturated carbocycles. The summed E-state index contributed by atoms with van der Waals surface area (Å²) < 4.78 is 12.4. The van der Waals surface area contributed by atoms with Gasteiger partial charge in [0.1, 0.15) is 0 Å². The van der Waals surface area contributed by atoms with E-state index < -0.39 is 6.23 Å². The molecule has 0 radical (unpaired) electrons. The highest BCUT2D eigenvalue weighted by atomic mass is 79.9. The fourth-order valence-electron chi connectivity index (χ4n) is 3.18. The highest BCUT2D eigenvalue weighted by molar-refractivity contribution is 9.10. The van der Waals surface area contributed by atoms with Crippen LogP contribution in [-0.4, -0.2) is 32.6 Å². The standard InChI is InChI=1S/C22H23BrN4O3S/c1-3-5-10-31-22-25-21-18(26-27-22)14-8-6-7-9-16(14)24-20(30-21)13-11-15(23)19(28)17(12-13)29-4-2/h6-9,11-12,20,24,28H,3-5,10H2,1-2H3. The van der Waals surface area contributed by atoms with E-state index in [0.717, 1.165) is 35.4 Å². The minimum Gasteiger partial charge on any atom is -0.503 e. The number of nitrogens with zero attached hydrogens (tertiary/aromatic N) is 3. The third kappa shape index (κ3) is 4.72. The van der Waals surface area contributed by atoms with Crippen molar-refractivity contribution < 1.29 is 14.6 Å². The molecule has 2 aromatic carbocycles. The van der Waals surface area contributed by atoms with E-state index >= 15 is 0 Å². The third-order valence-electron chi connectivity index (χ3n) is 4.72. The maximum absolute atomic E-state index is 10.3. The van der Waals surface area contributed by atoms with E-state index in [4.69, 9.17) is 9.47 Å². The number of unbranched alkanes of at least 4 members (excludes halogenated alkanes) is 1. The average Bonchev–Trinajstić information content (AvgIpc) is 2.93. The maximum atomic E-state index is 10.3. The Hall–Kier alpha value is -2.52. The molecule has 2 N–H and O–H groups in total. The first kappa shape index (κ1) is 21.7. The van der Waals surface area contributed by atoms with Gasteiger partial charge in [-0.05, 0) is 47.5 Å². The first-order valence-electron chi connectivity index (χ1n) is 10.2. The molecule has 1 aliphatic rings. The summed E-state index contributed by atoms with van der Waals surface area (Å²) in [4.78, 5) is 4.65. The van der Waals surface area contributed by atoms with Gasteiger partial charge >= 0.3 is 0 Å². The molecule has 0 fully saturated rings. The van der Waals surface area contributed by atoms with Crippen LogP contribution in [0.15, 0.2) is 46.0 Å². The minimum atomic E-state index is -0.566. The Labute approximate surface area is 193 Å². The van der Waals surface area contributed by atoms with Crippen molar-refractivity contribution in [3.05, 3.63) is 46.4 Å². The van der Waals surface area contributed by atoms with Crippen molar-refractivity contribution in [2.45, 2.75) is 38.1 Å². The lowest BCUT2D eigenvalue weighted by atomic mass is 10.1. The number of nitrogens with one attached hydrogen (secondary N) is 1. The average molecular weight is 503 g/mol. The van der Waals surface area contributed by atoms with Gasteiger partial charge in [0.25, 0.3) is 0 Å². The van der Waals surface area contributed by atoms with Gasteiger partial charge < -0.3 is 19.9 Å². The number of aromatic nitrogens is 3. The van der Waals surface area contributed by atoms with Gasteiger partial charge in [0.2, 0.25) is 11.0 Å². The van der Waals surface area contributed by atoms with Crippen LogP contribution in [0.25, 0.3) is 11.3 Å². The lowest BCUT2D eigenvalue weighted by Crippen LogP contribution is -2.17. The molecule has 7 nitrogen and oxygen atoms in total. The normalized spacial score (nSPS) is 14.6. The fraction of sp³-hybridized carbons (Fsp3) is 0.318. The highest BCUT2D eigenvalue weighted by Crippen LogP contribution is 2.42. The summed E-state index contributed by atoms with van der Waals surface area (Å²) in [6, 6.07) is 11.4.